The number of ether oxygens (including phenoxy) is 1. The Kier molecular flexibility index (Phi) is 7.72. The van der Waals surface area contributed by atoms with E-state index in [0.717, 1.165) is 0 Å². The Morgan fingerprint density at radius 1 is 1.28 bits per heavy atom. The monoisotopic (exact) mass is 255 g/mol. The smallest absolute Gasteiger partial charge is 0.242 e. The third-order valence-corrected chi connectivity index (χ3v) is 2.45. The van der Waals surface area contributed by atoms with Gasteiger partial charge >= 0.3 is 0 Å². The quantitative estimate of drug-likeness (QED) is 0.629. The second-order valence-electron chi connectivity index (χ2n) is 4.36. The molecule has 2 atom stereocenters. The lowest BCUT2D eigenvalue weighted by Gasteiger charge is -2.17. The molecule has 6 nitrogen and oxygen atoms in total. The maximum Gasteiger partial charge on any atom is 0.242 e. The standard InChI is InChI=1S/C12H21N3O3/c1-8(2)10(7-13)12(17)15-9(3)11(16)14-5-6-18-4/h8-10H,5-6H2,1-4H3,(H,14,16)(H,15,17). The molecule has 0 aliphatic carbocycles. The Balaban J connectivity index is 4.22. The van der Waals surface area contributed by atoms with Gasteiger partial charge in [0.2, 0.25) is 11.8 Å². The number of nitrogens with one attached hydrogen (secondary N) is 2. The van der Waals surface area contributed by atoms with Gasteiger partial charge in [-0.1, -0.05) is 13.8 Å². The molecule has 2 N–H and O–H groups in total. The molecule has 0 aromatic carbocycles. The molecule has 6 heteroatoms. The molecule has 0 saturated heterocycles. The fourth-order valence-corrected chi connectivity index (χ4v) is 1.31. The molecular formula is C12H21N3O3. The van der Waals surface area contributed by atoms with Gasteiger partial charge < -0.3 is 15.4 Å². The lowest BCUT2D eigenvalue weighted by atomic mass is 9.96. The highest BCUT2D eigenvalue weighted by atomic mass is 16.5. The van der Waals surface area contributed by atoms with Crippen LogP contribution in [0.25, 0.3) is 0 Å². The van der Waals surface area contributed by atoms with Crippen LogP contribution in [0.1, 0.15) is 20.8 Å². The van der Waals surface area contributed by atoms with Crippen LogP contribution in [0, 0.1) is 23.2 Å². The van der Waals surface area contributed by atoms with E-state index >= 15 is 0 Å². The van der Waals surface area contributed by atoms with E-state index in [4.69, 9.17) is 10.00 Å². The highest BCUT2D eigenvalue weighted by Gasteiger charge is 2.24. The van der Waals surface area contributed by atoms with E-state index in [0.29, 0.717) is 13.2 Å². The van der Waals surface area contributed by atoms with Crippen LogP contribution in [0.5, 0.6) is 0 Å². The highest BCUT2D eigenvalue weighted by Crippen LogP contribution is 2.09. The molecule has 0 aliphatic rings. The maximum absolute atomic E-state index is 11.7. The van der Waals surface area contributed by atoms with Crippen LogP contribution in [0.4, 0.5) is 0 Å². The number of carbonyl (C=O) groups is 2. The minimum absolute atomic E-state index is 0.0845. The van der Waals surface area contributed by atoms with Crippen LogP contribution in [-0.2, 0) is 14.3 Å². The molecule has 0 heterocycles. The van der Waals surface area contributed by atoms with E-state index in [1.807, 2.05) is 6.07 Å². The molecule has 102 valence electrons. The molecule has 0 saturated carbocycles. The number of hydrogen-bond acceptors (Lipinski definition) is 4. The minimum Gasteiger partial charge on any atom is -0.383 e. The van der Waals surface area contributed by atoms with E-state index in [1.165, 1.54) is 7.11 Å². The van der Waals surface area contributed by atoms with E-state index in [-0.39, 0.29) is 11.8 Å². The van der Waals surface area contributed by atoms with Gasteiger partial charge in [-0.05, 0) is 12.8 Å². The highest BCUT2D eigenvalue weighted by molar-refractivity contribution is 5.89. The van der Waals surface area contributed by atoms with Crippen molar-refractivity contribution in [2.75, 3.05) is 20.3 Å². The summed E-state index contributed by atoms with van der Waals surface area (Å²) in [6, 6.07) is 1.27. The average molecular weight is 255 g/mol. The number of amides is 2. The molecule has 0 aromatic rings. The maximum atomic E-state index is 11.7. The summed E-state index contributed by atoms with van der Waals surface area (Å²) in [7, 11) is 1.54. The zero-order chi connectivity index (χ0) is 14.1. The number of rotatable bonds is 7. The van der Waals surface area contributed by atoms with Gasteiger partial charge in [0.1, 0.15) is 12.0 Å². The zero-order valence-electron chi connectivity index (χ0n) is 11.3. The molecule has 0 fully saturated rings. The molecule has 0 rings (SSSR count). The van der Waals surface area contributed by atoms with Crippen molar-refractivity contribution in [1.82, 2.24) is 10.6 Å². The molecule has 0 aromatic heterocycles. The van der Waals surface area contributed by atoms with E-state index in [1.54, 1.807) is 20.8 Å². The minimum atomic E-state index is -0.737. The lowest BCUT2D eigenvalue weighted by molar-refractivity contribution is -0.130. The first-order chi connectivity index (χ1) is 8.43. The van der Waals surface area contributed by atoms with Crippen LogP contribution in [0.3, 0.4) is 0 Å². The Labute approximate surface area is 108 Å². The van der Waals surface area contributed by atoms with Gasteiger partial charge in [0.25, 0.3) is 0 Å². The first-order valence-corrected chi connectivity index (χ1v) is 5.90. The molecule has 2 amide bonds. The van der Waals surface area contributed by atoms with Gasteiger partial charge in [-0.3, -0.25) is 9.59 Å². The molecule has 2 unspecified atom stereocenters. The second-order valence-corrected chi connectivity index (χ2v) is 4.36. The fourth-order valence-electron chi connectivity index (χ4n) is 1.31. The summed E-state index contributed by atoms with van der Waals surface area (Å²) in [4.78, 5) is 23.3. The fraction of sp³-hybridized carbons (Fsp3) is 0.750. The van der Waals surface area contributed by atoms with Crippen molar-refractivity contribution in [2.45, 2.75) is 26.8 Å². The van der Waals surface area contributed by atoms with E-state index in [9.17, 15) is 9.59 Å². The molecule has 0 bridgehead atoms. The Morgan fingerprint density at radius 2 is 1.89 bits per heavy atom. The largest absolute Gasteiger partial charge is 0.383 e. The van der Waals surface area contributed by atoms with Crippen molar-refractivity contribution < 1.29 is 14.3 Å². The lowest BCUT2D eigenvalue weighted by Crippen LogP contribution is -2.47. The first kappa shape index (κ1) is 16.4. The Bertz CT molecular complexity index is 323. The summed E-state index contributed by atoms with van der Waals surface area (Å²) in [5.41, 5.74) is 0. The molecule has 18 heavy (non-hydrogen) atoms. The van der Waals surface area contributed by atoms with Gasteiger partial charge in [0.05, 0.1) is 12.7 Å². The SMILES string of the molecule is COCCNC(=O)C(C)NC(=O)C(C#N)C(C)C. The van der Waals surface area contributed by atoms with Crippen LogP contribution in [-0.4, -0.2) is 38.1 Å². The number of methoxy groups -OCH3 is 1. The van der Waals surface area contributed by atoms with Crippen LogP contribution in [0.15, 0.2) is 0 Å². The summed E-state index contributed by atoms with van der Waals surface area (Å²) in [6.07, 6.45) is 0. The van der Waals surface area contributed by atoms with Crippen LogP contribution >= 0.6 is 0 Å². The zero-order valence-corrected chi connectivity index (χ0v) is 11.3. The van der Waals surface area contributed by atoms with Crippen molar-refractivity contribution >= 4 is 11.8 Å². The van der Waals surface area contributed by atoms with Gasteiger partial charge in [0.15, 0.2) is 0 Å². The van der Waals surface area contributed by atoms with Crippen LogP contribution in [0.2, 0.25) is 0 Å². The van der Waals surface area contributed by atoms with Gasteiger partial charge in [-0.2, -0.15) is 5.26 Å². The molecular weight excluding hydrogens is 234 g/mol. The summed E-state index contributed by atoms with van der Waals surface area (Å²) in [5.74, 6) is -1.53. The van der Waals surface area contributed by atoms with Crippen molar-refractivity contribution in [3.05, 3.63) is 0 Å². The van der Waals surface area contributed by atoms with Crippen molar-refractivity contribution in [1.29, 1.82) is 5.26 Å². The Morgan fingerprint density at radius 3 is 2.33 bits per heavy atom. The predicted octanol–water partition coefficient (Wildman–Crippen LogP) is 0.0495. The summed E-state index contributed by atoms with van der Waals surface area (Å²) in [6.45, 7) is 5.96. The van der Waals surface area contributed by atoms with Crippen molar-refractivity contribution in [2.24, 2.45) is 11.8 Å². The predicted molar refractivity (Wildman–Crippen MR) is 66.4 cm³/mol. The number of hydrogen-bond donors (Lipinski definition) is 2. The van der Waals surface area contributed by atoms with E-state index in [2.05, 4.69) is 10.6 Å². The average Bonchev–Trinajstić information content (AvgIpc) is 2.29. The first-order valence-electron chi connectivity index (χ1n) is 5.90. The van der Waals surface area contributed by atoms with Gasteiger partial charge in [-0.25, -0.2) is 0 Å². The molecule has 0 spiro atoms. The molecule has 0 radical (unpaired) electrons. The topological polar surface area (TPSA) is 91.2 Å². The number of nitrogens with zero attached hydrogens (tertiary/aromatic N) is 1. The second kappa shape index (κ2) is 8.48. The molecule has 0 aliphatic heterocycles. The number of carbonyl (C=O) groups excluding carboxylic acids is 2. The van der Waals surface area contributed by atoms with Crippen LogP contribution < -0.4 is 10.6 Å². The van der Waals surface area contributed by atoms with E-state index < -0.39 is 17.9 Å². The Hall–Kier alpha value is -1.61. The summed E-state index contributed by atoms with van der Waals surface area (Å²) in [5, 5.41) is 14.0. The third kappa shape index (κ3) is 5.64. The van der Waals surface area contributed by atoms with Crippen molar-refractivity contribution in [3.8, 4) is 6.07 Å². The third-order valence-electron chi connectivity index (χ3n) is 2.45. The summed E-state index contributed by atoms with van der Waals surface area (Å²) < 4.78 is 4.80. The number of nitriles is 1. The van der Waals surface area contributed by atoms with Gasteiger partial charge in [-0.15, -0.1) is 0 Å². The normalized spacial score (nSPS) is 13.6. The van der Waals surface area contributed by atoms with Crippen molar-refractivity contribution in [3.63, 3.8) is 0 Å². The van der Waals surface area contributed by atoms with Gasteiger partial charge in [0, 0.05) is 13.7 Å². The summed E-state index contributed by atoms with van der Waals surface area (Å²) >= 11 is 0.